The summed E-state index contributed by atoms with van der Waals surface area (Å²) in [6, 6.07) is 10.8. The van der Waals surface area contributed by atoms with Crippen molar-refractivity contribution in [3.05, 3.63) is 70.0 Å². The average Bonchev–Trinajstić information content (AvgIpc) is 3.16. The Morgan fingerprint density at radius 3 is 2.47 bits per heavy atom. The molecular formula is C22H19F3N2O2S. The third-order valence-electron chi connectivity index (χ3n) is 5.41. The van der Waals surface area contributed by atoms with E-state index in [1.54, 1.807) is 11.8 Å². The number of piperidine rings is 1. The molecule has 1 amide bonds. The lowest BCUT2D eigenvalue weighted by Crippen LogP contribution is -2.37. The smallest absolute Gasteiger partial charge is 0.265 e. The molecule has 2 aromatic carbocycles. The Morgan fingerprint density at radius 2 is 1.80 bits per heavy atom. The summed E-state index contributed by atoms with van der Waals surface area (Å²) in [5.41, 5.74) is 1.27. The fourth-order valence-electron chi connectivity index (χ4n) is 3.74. The summed E-state index contributed by atoms with van der Waals surface area (Å²) in [6.45, 7) is 2.79. The molecule has 156 valence electrons. The van der Waals surface area contributed by atoms with Crippen LogP contribution in [0.25, 0.3) is 10.6 Å². The van der Waals surface area contributed by atoms with E-state index in [2.05, 4.69) is 17.1 Å². The molecule has 0 atom stereocenters. The lowest BCUT2D eigenvalue weighted by atomic mass is 9.89. The Morgan fingerprint density at radius 1 is 1.13 bits per heavy atom. The fourth-order valence-corrected chi connectivity index (χ4v) is 4.79. The maximum Gasteiger partial charge on any atom is 0.265 e. The molecule has 2 heterocycles. The van der Waals surface area contributed by atoms with Gasteiger partial charge in [0.1, 0.15) is 9.88 Å². The van der Waals surface area contributed by atoms with Gasteiger partial charge < -0.3 is 10.0 Å². The number of benzene rings is 2. The van der Waals surface area contributed by atoms with Gasteiger partial charge in [0, 0.05) is 13.1 Å². The Labute approximate surface area is 175 Å². The molecule has 0 radical (unpaired) electrons. The Hall–Kier alpha value is -2.87. The van der Waals surface area contributed by atoms with Crippen LogP contribution in [0.1, 0.15) is 39.7 Å². The highest BCUT2D eigenvalue weighted by Crippen LogP contribution is 2.36. The molecule has 3 aromatic rings. The van der Waals surface area contributed by atoms with Crippen molar-refractivity contribution in [1.29, 1.82) is 0 Å². The number of nitrogens with zero attached hydrogens (tertiary/aromatic N) is 2. The number of phenolic OH excluding ortho intramolecular Hbond substituents is 1. The van der Waals surface area contributed by atoms with Crippen LogP contribution in [-0.4, -0.2) is 34.0 Å². The molecule has 0 spiro atoms. The van der Waals surface area contributed by atoms with Crippen LogP contribution < -0.4 is 0 Å². The van der Waals surface area contributed by atoms with E-state index in [9.17, 15) is 23.1 Å². The summed E-state index contributed by atoms with van der Waals surface area (Å²) in [5, 5.41) is 9.46. The largest absolute Gasteiger partial charge is 0.503 e. The van der Waals surface area contributed by atoms with E-state index >= 15 is 0 Å². The van der Waals surface area contributed by atoms with Gasteiger partial charge >= 0.3 is 0 Å². The number of hydrogen-bond acceptors (Lipinski definition) is 4. The van der Waals surface area contributed by atoms with Gasteiger partial charge in [-0.05, 0) is 37.3 Å². The van der Waals surface area contributed by atoms with Gasteiger partial charge in [-0.15, -0.1) is 11.3 Å². The number of phenols is 1. The predicted octanol–water partition coefficient (Wildman–Crippen LogP) is 5.26. The number of halogens is 3. The van der Waals surface area contributed by atoms with E-state index in [1.165, 1.54) is 5.56 Å². The minimum Gasteiger partial charge on any atom is -0.503 e. The van der Waals surface area contributed by atoms with Crippen molar-refractivity contribution < 1.29 is 23.1 Å². The summed E-state index contributed by atoms with van der Waals surface area (Å²) in [7, 11) is 0. The van der Waals surface area contributed by atoms with Gasteiger partial charge in [0.05, 0.1) is 11.3 Å². The summed E-state index contributed by atoms with van der Waals surface area (Å²) in [4.78, 5) is 19.2. The second kappa shape index (κ2) is 8.10. The summed E-state index contributed by atoms with van der Waals surface area (Å²) < 4.78 is 41.2. The zero-order valence-electron chi connectivity index (χ0n) is 16.2. The monoisotopic (exact) mass is 432 g/mol. The number of aromatic hydroxyl groups is 1. The molecule has 4 rings (SSSR count). The highest BCUT2D eigenvalue weighted by molar-refractivity contribution is 7.17. The molecule has 8 heteroatoms. The van der Waals surface area contributed by atoms with Crippen LogP contribution in [0, 0.1) is 24.4 Å². The Bertz CT molecular complexity index is 1090. The SMILES string of the molecule is Cc1nc(-c2cc(F)c(F)c(O)c2F)sc1C(=O)N1CCC(c2ccccc2)CC1. The summed E-state index contributed by atoms with van der Waals surface area (Å²) in [5.74, 6) is -5.55. The second-order valence-electron chi connectivity index (χ2n) is 7.29. The number of amides is 1. The zero-order chi connectivity index (χ0) is 21.4. The van der Waals surface area contributed by atoms with E-state index in [-0.39, 0.29) is 16.5 Å². The number of rotatable bonds is 3. The van der Waals surface area contributed by atoms with E-state index in [0.29, 0.717) is 35.6 Å². The fraction of sp³-hybridized carbons (Fsp3) is 0.273. The van der Waals surface area contributed by atoms with Gasteiger partial charge in [-0.3, -0.25) is 4.79 Å². The first kappa shape index (κ1) is 20.4. The summed E-state index contributed by atoms with van der Waals surface area (Å²) >= 11 is 0.906. The number of aromatic nitrogens is 1. The van der Waals surface area contributed by atoms with Gasteiger partial charge in [-0.2, -0.15) is 4.39 Å². The number of aryl methyl sites for hydroxylation is 1. The first-order valence-electron chi connectivity index (χ1n) is 9.55. The third-order valence-corrected chi connectivity index (χ3v) is 6.59. The van der Waals surface area contributed by atoms with Crippen molar-refractivity contribution in [1.82, 2.24) is 9.88 Å². The first-order valence-corrected chi connectivity index (χ1v) is 10.4. The number of likely N-dealkylation sites (tertiary alicyclic amines) is 1. The lowest BCUT2D eigenvalue weighted by molar-refractivity contribution is 0.0717. The van der Waals surface area contributed by atoms with Gasteiger partial charge in [0.25, 0.3) is 5.91 Å². The highest BCUT2D eigenvalue weighted by atomic mass is 32.1. The number of thiazole rings is 1. The van der Waals surface area contributed by atoms with E-state index in [0.717, 1.165) is 24.2 Å². The molecule has 0 saturated carbocycles. The molecule has 1 aliphatic heterocycles. The molecule has 1 N–H and O–H groups in total. The van der Waals surface area contributed by atoms with Crippen LogP contribution in [-0.2, 0) is 0 Å². The van der Waals surface area contributed by atoms with Gasteiger partial charge in [-0.25, -0.2) is 13.8 Å². The van der Waals surface area contributed by atoms with Gasteiger partial charge in [-0.1, -0.05) is 30.3 Å². The molecule has 0 aliphatic carbocycles. The van der Waals surface area contributed by atoms with E-state index in [1.807, 2.05) is 18.2 Å². The van der Waals surface area contributed by atoms with Crippen molar-refractivity contribution in [2.24, 2.45) is 0 Å². The number of hydrogen-bond donors (Lipinski definition) is 1. The molecule has 4 nitrogen and oxygen atoms in total. The van der Waals surface area contributed by atoms with Crippen LogP contribution in [0.3, 0.4) is 0 Å². The van der Waals surface area contributed by atoms with Crippen molar-refractivity contribution in [3.8, 4) is 16.3 Å². The van der Waals surface area contributed by atoms with Crippen molar-refractivity contribution in [2.75, 3.05) is 13.1 Å². The maximum absolute atomic E-state index is 14.2. The van der Waals surface area contributed by atoms with Crippen LogP contribution in [0.2, 0.25) is 0 Å². The molecule has 0 bridgehead atoms. The van der Waals surface area contributed by atoms with Crippen molar-refractivity contribution in [3.63, 3.8) is 0 Å². The number of carbonyl (C=O) groups excluding carboxylic acids is 1. The zero-order valence-corrected chi connectivity index (χ0v) is 17.0. The van der Waals surface area contributed by atoms with Crippen LogP contribution in [0.4, 0.5) is 13.2 Å². The van der Waals surface area contributed by atoms with Crippen molar-refractivity contribution >= 4 is 17.2 Å². The molecule has 1 aromatic heterocycles. The molecule has 1 aliphatic rings. The quantitative estimate of drug-likeness (QED) is 0.575. The molecule has 1 saturated heterocycles. The second-order valence-corrected chi connectivity index (χ2v) is 8.29. The van der Waals surface area contributed by atoms with E-state index < -0.39 is 23.2 Å². The predicted molar refractivity (Wildman–Crippen MR) is 108 cm³/mol. The molecular weight excluding hydrogens is 413 g/mol. The lowest BCUT2D eigenvalue weighted by Gasteiger charge is -2.32. The van der Waals surface area contributed by atoms with Crippen LogP contribution >= 0.6 is 11.3 Å². The minimum absolute atomic E-state index is 0.0155. The topological polar surface area (TPSA) is 53.4 Å². The minimum atomic E-state index is -1.65. The average molecular weight is 432 g/mol. The molecule has 30 heavy (non-hydrogen) atoms. The molecule has 1 fully saturated rings. The maximum atomic E-state index is 14.2. The van der Waals surface area contributed by atoms with Crippen LogP contribution in [0.5, 0.6) is 5.75 Å². The third kappa shape index (κ3) is 3.67. The van der Waals surface area contributed by atoms with E-state index in [4.69, 9.17) is 0 Å². The van der Waals surface area contributed by atoms with Gasteiger partial charge in [0.15, 0.2) is 17.4 Å². The van der Waals surface area contributed by atoms with Crippen molar-refractivity contribution in [2.45, 2.75) is 25.7 Å². The van der Waals surface area contributed by atoms with Crippen LogP contribution in [0.15, 0.2) is 36.4 Å². The standard InChI is InChI=1S/C22H19F3N2O2S/c1-12-20(30-21(26-12)15-11-16(23)18(25)19(28)17(15)24)22(29)27-9-7-14(8-10-27)13-5-3-2-4-6-13/h2-6,11,14,28H,7-10H2,1H3. The molecule has 0 unspecified atom stereocenters. The van der Waals surface area contributed by atoms with Gasteiger partial charge in [0.2, 0.25) is 5.82 Å². The highest BCUT2D eigenvalue weighted by Gasteiger charge is 2.28. The Kier molecular flexibility index (Phi) is 5.51. The first-order chi connectivity index (χ1) is 14.4. The summed E-state index contributed by atoms with van der Waals surface area (Å²) in [6.07, 6.45) is 1.68. The normalized spacial score (nSPS) is 14.9. The number of carbonyl (C=O) groups is 1. The Balaban J connectivity index is 1.54.